The molecule has 3 aromatic rings. The van der Waals surface area contributed by atoms with Crippen LogP contribution < -0.4 is 0 Å². The minimum atomic E-state index is 0.171. The van der Waals surface area contributed by atoms with E-state index in [1.807, 2.05) is 36.5 Å². The van der Waals surface area contributed by atoms with Gasteiger partial charge in [-0.25, -0.2) is 0 Å². The van der Waals surface area contributed by atoms with E-state index in [1.54, 1.807) is 6.20 Å². The monoisotopic (exact) mass is 287 g/mol. The van der Waals surface area contributed by atoms with Crippen LogP contribution in [0.3, 0.4) is 0 Å². The quantitative estimate of drug-likeness (QED) is 0.678. The summed E-state index contributed by atoms with van der Waals surface area (Å²) in [5.74, 6) is 0. The zero-order valence-corrected chi connectivity index (χ0v) is 10.7. The van der Waals surface area contributed by atoms with Gasteiger partial charge >= 0.3 is 105 Å². The van der Waals surface area contributed by atoms with Crippen molar-refractivity contribution in [3.63, 3.8) is 0 Å². The second-order valence-electron chi connectivity index (χ2n) is 3.52. The molecule has 0 saturated heterocycles. The van der Waals surface area contributed by atoms with E-state index in [1.165, 1.54) is 0 Å². The first-order valence-electron chi connectivity index (χ1n) is 5.23. The van der Waals surface area contributed by atoms with Crippen LogP contribution in [0.2, 0.25) is 0 Å². The summed E-state index contributed by atoms with van der Waals surface area (Å²) < 4.78 is 2.13. The summed E-state index contributed by atoms with van der Waals surface area (Å²) in [4.78, 5) is 4.11. The average molecular weight is 286 g/mol. The van der Waals surface area contributed by atoms with E-state index in [0.717, 1.165) is 20.3 Å². The molecule has 0 spiro atoms. The summed E-state index contributed by atoms with van der Waals surface area (Å²) in [5, 5.41) is 8.52. The average Bonchev–Trinajstić information content (AvgIpc) is 2.90. The molecule has 0 N–H and O–H groups in total. The van der Waals surface area contributed by atoms with Gasteiger partial charge in [0.1, 0.15) is 0 Å². The molecule has 0 radical (unpaired) electrons. The zero-order chi connectivity index (χ0) is 11.5. The molecule has 0 fully saturated rings. The topological polar surface area (TPSA) is 38.7 Å². The van der Waals surface area contributed by atoms with Crippen molar-refractivity contribution in [2.75, 3.05) is 0 Å². The van der Waals surface area contributed by atoms with Gasteiger partial charge in [-0.3, -0.25) is 0 Å². The molecule has 17 heavy (non-hydrogen) atoms. The van der Waals surface area contributed by atoms with Crippen LogP contribution in [-0.4, -0.2) is 29.7 Å². The fourth-order valence-corrected chi connectivity index (χ4v) is 3.29. The van der Waals surface area contributed by atoms with Gasteiger partial charge in [0.2, 0.25) is 0 Å². The molecule has 0 aliphatic rings. The summed E-state index contributed by atoms with van der Waals surface area (Å²) in [5.41, 5.74) is 2.23. The predicted octanol–water partition coefficient (Wildman–Crippen LogP) is 2.26. The number of pyridine rings is 1. The molecule has 0 aliphatic heterocycles. The Bertz CT molecular complexity index is 551. The first kappa shape index (κ1) is 10.4. The number of rotatable bonds is 2. The van der Waals surface area contributed by atoms with Crippen molar-refractivity contribution in [2.24, 2.45) is 0 Å². The van der Waals surface area contributed by atoms with Crippen LogP contribution in [0.1, 0.15) is 0 Å². The Kier molecular flexibility index (Phi) is 2.82. The fourth-order valence-electron chi connectivity index (χ4n) is 1.53. The maximum atomic E-state index is 4.27. The Morgan fingerprint density at radius 2 is 1.47 bits per heavy atom. The Hall–Kier alpha value is -1.77. The molecular weight excluding hydrogens is 277 g/mol. The SMILES string of the molecule is c1ccc(-c2nnc(-c3cccnc3)[se]2)cc1. The van der Waals surface area contributed by atoms with Gasteiger partial charge in [-0.15, -0.1) is 0 Å². The summed E-state index contributed by atoms with van der Waals surface area (Å²) >= 11 is 0.171. The zero-order valence-electron chi connectivity index (χ0n) is 8.95. The molecule has 0 amide bonds. The molecule has 2 aromatic heterocycles. The van der Waals surface area contributed by atoms with Gasteiger partial charge in [0.05, 0.1) is 0 Å². The third-order valence-corrected chi connectivity index (χ3v) is 4.50. The number of nitrogens with zero attached hydrogens (tertiary/aromatic N) is 3. The molecule has 3 rings (SSSR count). The Morgan fingerprint density at radius 1 is 0.765 bits per heavy atom. The normalized spacial score (nSPS) is 10.4. The van der Waals surface area contributed by atoms with E-state index in [9.17, 15) is 0 Å². The molecule has 1 aromatic carbocycles. The van der Waals surface area contributed by atoms with Crippen molar-refractivity contribution in [3.8, 4) is 20.3 Å². The van der Waals surface area contributed by atoms with E-state index in [0.29, 0.717) is 0 Å². The van der Waals surface area contributed by atoms with Gasteiger partial charge in [0.15, 0.2) is 0 Å². The van der Waals surface area contributed by atoms with Gasteiger partial charge in [0.25, 0.3) is 0 Å². The number of hydrogen-bond acceptors (Lipinski definition) is 3. The third-order valence-electron chi connectivity index (χ3n) is 2.35. The number of hydrogen-bond donors (Lipinski definition) is 0. The number of benzene rings is 1. The van der Waals surface area contributed by atoms with Crippen molar-refractivity contribution in [1.29, 1.82) is 0 Å². The molecule has 0 atom stereocenters. The molecule has 0 bridgehead atoms. The Balaban J connectivity index is 1.99. The molecule has 0 saturated carbocycles. The van der Waals surface area contributed by atoms with Crippen LogP contribution in [0.25, 0.3) is 20.3 Å². The van der Waals surface area contributed by atoms with Crippen molar-refractivity contribution in [2.45, 2.75) is 0 Å². The molecule has 2 heterocycles. The van der Waals surface area contributed by atoms with Crippen molar-refractivity contribution >= 4 is 14.5 Å². The van der Waals surface area contributed by atoms with Gasteiger partial charge in [-0.2, -0.15) is 0 Å². The van der Waals surface area contributed by atoms with Gasteiger partial charge in [-0.05, 0) is 0 Å². The van der Waals surface area contributed by atoms with Crippen molar-refractivity contribution < 1.29 is 0 Å². The van der Waals surface area contributed by atoms with E-state index in [-0.39, 0.29) is 14.5 Å². The van der Waals surface area contributed by atoms with E-state index in [2.05, 4.69) is 27.3 Å². The molecule has 4 heteroatoms. The Morgan fingerprint density at radius 3 is 2.18 bits per heavy atom. The van der Waals surface area contributed by atoms with E-state index < -0.39 is 0 Å². The van der Waals surface area contributed by atoms with Crippen LogP contribution in [-0.2, 0) is 0 Å². The fraction of sp³-hybridized carbons (Fsp3) is 0. The van der Waals surface area contributed by atoms with E-state index >= 15 is 0 Å². The predicted molar refractivity (Wildman–Crippen MR) is 67.6 cm³/mol. The summed E-state index contributed by atoms with van der Waals surface area (Å²) in [7, 11) is 0. The first-order valence-corrected chi connectivity index (χ1v) is 6.94. The maximum absolute atomic E-state index is 4.27. The second kappa shape index (κ2) is 4.62. The first-order chi connectivity index (χ1) is 8.43. The summed E-state index contributed by atoms with van der Waals surface area (Å²) in [6.45, 7) is 0. The van der Waals surface area contributed by atoms with Crippen LogP contribution in [0.15, 0.2) is 54.9 Å². The second-order valence-corrected chi connectivity index (χ2v) is 5.57. The van der Waals surface area contributed by atoms with Gasteiger partial charge in [0, 0.05) is 0 Å². The number of aromatic nitrogens is 3. The molecular formula is C13H9N3Se. The van der Waals surface area contributed by atoms with Crippen LogP contribution in [0, 0.1) is 0 Å². The summed E-state index contributed by atoms with van der Waals surface area (Å²) in [6.07, 6.45) is 3.61. The Labute approximate surface area is 105 Å². The van der Waals surface area contributed by atoms with Crippen molar-refractivity contribution in [1.82, 2.24) is 15.2 Å². The van der Waals surface area contributed by atoms with Crippen LogP contribution in [0.5, 0.6) is 0 Å². The van der Waals surface area contributed by atoms with Gasteiger partial charge < -0.3 is 0 Å². The minimum absolute atomic E-state index is 0.171. The van der Waals surface area contributed by atoms with Gasteiger partial charge in [-0.1, -0.05) is 0 Å². The third kappa shape index (κ3) is 2.18. The summed E-state index contributed by atoms with van der Waals surface area (Å²) in [6, 6.07) is 14.1. The molecule has 0 unspecified atom stereocenters. The molecule has 3 nitrogen and oxygen atoms in total. The van der Waals surface area contributed by atoms with Crippen LogP contribution in [0.4, 0.5) is 0 Å². The van der Waals surface area contributed by atoms with Crippen molar-refractivity contribution in [3.05, 3.63) is 54.9 Å². The van der Waals surface area contributed by atoms with E-state index in [4.69, 9.17) is 0 Å². The standard InChI is InChI=1S/C13H9N3Se/c1-2-5-10(6-3-1)12-15-16-13(17-12)11-7-4-8-14-9-11/h1-9H. The van der Waals surface area contributed by atoms with Crippen LogP contribution >= 0.6 is 0 Å². The molecule has 0 aliphatic carbocycles. The molecule has 82 valence electrons.